The Balaban J connectivity index is 2.12. The molecule has 3 nitrogen and oxygen atoms in total. The van der Waals surface area contributed by atoms with E-state index in [0.29, 0.717) is 25.2 Å². The van der Waals surface area contributed by atoms with E-state index in [1.54, 1.807) is 19.2 Å². The molecular formula is C12H12FO3. The molecule has 0 spiro atoms. The van der Waals surface area contributed by atoms with Gasteiger partial charge in [-0.3, -0.25) is 0 Å². The Morgan fingerprint density at radius 1 is 1.38 bits per heavy atom. The average molecular weight is 223 g/mol. The Hall–Kier alpha value is -1.39. The lowest BCUT2D eigenvalue weighted by Gasteiger charge is -2.04. The first-order valence-corrected chi connectivity index (χ1v) is 4.96. The van der Waals surface area contributed by atoms with E-state index >= 15 is 0 Å². The number of furan rings is 1. The fourth-order valence-electron chi connectivity index (χ4n) is 1.47. The van der Waals surface area contributed by atoms with Gasteiger partial charge in [-0.15, -0.1) is 0 Å². The number of ether oxygens (including phenoxy) is 2. The molecule has 0 N–H and O–H groups in total. The van der Waals surface area contributed by atoms with Crippen LogP contribution in [0.15, 0.2) is 22.6 Å². The molecule has 0 aliphatic carbocycles. The van der Waals surface area contributed by atoms with Crippen molar-refractivity contribution in [3.63, 3.8) is 0 Å². The summed E-state index contributed by atoms with van der Waals surface area (Å²) in [7, 11) is 1.62. The van der Waals surface area contributed by atoms with Crippen LogP contribution in [-0.2, 0) is 16.1 Å². The summed E-state index contributed by atoms with van der Waals surface area (Å²) in [4.78, 5) is 0. The summed E-state index contributed by atoms with van der Waals surface area (Å²) >= 11 is 0. The highest BCUT2D eigenvalue weighted by Crippen LogP contribution is 2.23. The van der Waals surface area contributed by atoms with Gasteiger partial charge in [-0.1, -0.05) is 6.07 Å². The molecule has 0 aliphatic rings. The van der Waals surface area contributed by atoms with E-state index in [9.17, 15) is 4.39 Å². The number of halogens is 1. The Bertz CT molecular complexity index is 464. The van der Waals surface area contributed by atoms with Crippen molar-refractivity contribution in [2.75, 3.05) is 20.3 Å². The van der Waals surface area contributed by atoms with Crippen molar-refractivity contribution in [2.45, 2.75) is 6.61 Å². The van der Waals surface area contributed by atoms with Gasteiger partial charge < -0.3 is 13.9 Å². The molecule has 85 valence electrons. The summed E-state index contributed by atoms with van der Waals surface area (Å²) in [6.45, 7) is 1.46. The number of benzene rings is 1. The Labute approximate surface area is 92.8 Å². The van der Waals surface area contributed by atoms with Crippen LogP contribution in [0.5, 0.6) is 0 Å². The van der Waals surface area contributed by atoms with Gasteiger partial charge in [0, 0.05) is 12.5 Å². The second-order valence-corrected chi connectivity index (χ2v) is 3.36. The average Bonchev–Trinajstić information content (AvgIpc) is 2.77. The van der Waals surface area contributed by atoms with E-state index in [2.05, 4.69) is 6.26 Å². The molecule has 0 bridgehead atoms. The van der Waals surface area contributed by atoms with Gasteiger partial charge in [-0.25, -0.2) is 4.39 Å². The quantitative estimate of drug-likeness (QED) is 0.730. The van der Waals surface area contributed by atoms with E-state index in [4.69, 9.17) is 13.9 Å². The maximum atomic E-state index is 13.3. The van der Waals surface area contributed by atoms with Crippen LogP contribution in [-0.4, -0.2) is 20.3 Å². The number of hydrogen-bond donors (Lipinski definition) is 0. The highest BCUT2D eigenvalue weighted by Gasteiger charge is 2.08. The molecule has 16 heavy (non-hydrogen) atoms. The molecule has 2 rings (SSSR count). The first kappa shape index (κ1) is 11.1. The highest BCUT2D eigenvalue weighted by atomic mass is 19.1. The molecular weight excluding hydrogens is 211 g/mol. The lowest BCUT2D eigenvalue weighted by Crippen LogP contribution is -2.02. The Morgan fingerprint density at radius 3 is 3.06 bits per heavy atom. The minimum atomic E-state index is -0.378. The van der Waals surface area contributed by atoms with Gasteiger partial charge in [0.1, 0.15) is 0 Å². The minimum Gasteiger partial charge on any atom is -0.450 e. The van der Waals surface area contributed by atoms with Crippen molar-refractivity contribution < 1.29 is 18.3 Å². The molecule has 1 aromatic heterocycles. The molecule has 0 saturated carbocycles. The highest BCUT2D eigenvalue weighted by molar-refractivity contribution is 5.81. The van der Waals surface area contributed by atoms with Gasteiger partial charge in [-0.05, 0) is 17.7 Å². The standard InChI is InChI=1S/C12H12FO3/c1-14-6-7-15-8-9-2-3-11(13)12-10(9)4-5-16-12/h2-4H,6-8H2,1H3. The van der Waals surface area contributed by atoms with Crippen LogP contribution in [0.1, 0.15) is 5.56 Å². The molecule has 1 radical (unpaired) electrons. The molecule has 1 heterocycles. The molecule has 0 amide bonds. The van der Waals surface area contributed by atoms with Crippen LogP contribution in [0, 0.1) is 12.1 Å². The zero-order valence-electron chi connectivity index (χ0n) is 8.96. The second-order valence-electron chi connectivity index (χ2n) is 3.36. The number of fused-ring (bicyclic) bond motifs is 1. The van der Waals surface area contributed by atoms with Crippen LogP contribution in [0.4, 0.5) is 4.39 Å². The second kappa shape index (κ2) is 5.09. The van der Waals surface area contributed by atoms with Gasteiger partial charge in [-0.2, -0.15) is 0 Å². The predicted octanol–water partition coefficient (Wildman–Crippen LogP) is 2.54. The van der Waals surface area contributed by atoms with E-state index in [1.807, 2.05) is 0 Å². The van der Waals surface area contributed by atoms with Crippen molar-refractivity contribution in [3.8, 4) is 0 Å². The van der Waals surface area contributed by atoms with E-state index in [-0.39, 0.29) is 11.4 Å². The SMILES string of the molecule is COCCOCc1ccc(F)c2o[c]cc12. The first-order valence-electron chi connectivity index (χ1n) is 4.96. The number of hydrogen-bond acceptors (Lipinski definition) is 3. The number of rotatable bonds is 5. The fraction of sp³-hybridized carbons (Fsp3) is 0.333. The molecule has 0 atom stereocenters. The maximum Gasteiger partial charge on any atom is 0.170 e. The summed E-state index contributed by atoms with van der Waals surface area (Å²) in [5, 5.41) is 0.706. The summed E-state index contributed by atoms with van der Waals surface area (Å²) in [5.41, 5.74) is 1.12. The third kappa shape index (κ3) is 2.23. The summed E-state index contributed by atoms with van der Waals surface area (Å²) in [6, 6.07) is 4.68. The van der Waals surface area contributed by atoms with Gasteiger partial charge >= 0.3 is 0 Å². The van der Waals surface area contributed by atoms with Crippen molar-refractivity contribution >= 4 is 11.0 Å². The molecule has 0 fully saturated rings. The normalized spacial score (nSPS) is 11.1. The van der Waals surface area contributed by atoms with Gasteiger partial charge in [0.15, 0.2) is 17.7 Å². The largest absolute Gasteiger partial charge is 0.450 e. The zero-order valence-corrected chi connectivity index (χ0v) is 8.96. The van der Waals surface area contributed by atoms with Crippen LogP contribution in [0.3, 0.4) is 0 Å². The maximum absolute atomic E-state index is 13.3. The van der Waals surface area contributed by atoms with Crippen LogP contribution in [0.25, 0.3) is 11.0 Å². The molecule has 0 unspecified atom stereocenters. The molecule has 1 aromatic carbocycles. The molecule has 0 aliphatic heterocycles. The zero-order chi connectivity index (χ0) is 11.4. The molecule has 2 aromatic rings. The Morgan fingerprint density at radius 2 is 2.25 bits per heavy atom. The molecule has 4 heteroatoms. The summed E-state index contributed by atoms with van der Waals surface area (Å²) < 4.78 is 28.4. The number of methoxy groups -OCH3 is 1. The summed E-state index contributed by atoms with van der Waals surface area (Å²) in [6.07, 6.45) is 2.53. The first-order chi connectivity index (χ1) is 7.83. The third-order valence-corrected chi connectivity index (χ3v) is 2.29. The van der Waals surface area contributed by atoms with E-state index < -0.39 is 0 Å². The van der Waals surface area contributed by atoms with Crippen molar-refractivity contribution in [1.29, 1.82) is 0 Å². The minimum absolute atomic E-state index is 0.229. The van der Waals surface area contributed by atoms with Crippen LogP contribution >= 0.6 is 0 Å². The fourth-order valence-corrected chi connectivity index (χ4v) is 1.47. The van der Waals surface area contributed by atoms with Crippen LogP contribution in [0.2, 0.25) is 0 Å². The van der Waals surface area contributed by atoms with Gasteiger partial charge in [0.2, 0.25) is 0 Å². The van der Waals surface area contributed by atoms with Crippen molar-refractivity contribution in [3.05, 3.63) is 35.8 Å². The van der Waals surface area contributed by atoms with Crippen LogP contribution < -0.4 is 0 Å². The lowest BCUT2D eigenvalue weighted by atomic mass is 10.1. The van der Waals surface area contributed by atoms with E-state index in [0.717, 1.165) is 5.56 Å². The predicted molar refractivity (Wildman–Crippen MR) is 56.5 cm³/mol. The monoisotopic (exact) mass is 223 g/mol. The lowest BCUT2D eigenvalue weighted by molar-refractivity contribution is 0.0621. The Kier molecular flexibility index (Phi) is 3.54. The van der Waals surface area contributed by atoms with Gasteiger partial charge in [0.25, 0.3) is 0 Å². The van der Waals surface area contributed by atoms with E-state index in [1.165, 1.54) is 6.07 Å². The third-order valence-electron chi connectivity index (χ3n) is 2.29. The molecule has 0 saturated heterocycles. The van der Waals surface area contributed by atoms with Crippen molar-refractivity contribution in [2.24, 2.45) is 0 Å². The van der Waals surface area contributed by atoms with Crippen molar-refractivity contribution in [1.82, 2.24) is 0 Å². The van der Waals surface area contributed by atoms with Gasteiger partial charge in [0.05, 0.1) is 19.8 Å². The summed E-state index contributed by atoms with van der Waals surface area (Å²) in [5.74, 6) is -0.378. The smallest absolute Gasteiger partial charge is 0.170 e. The topological polar surface area (TPSA) is 31.6 Å².